The van der Waals surface area contributed by atoms with E-state index < -0.39 is 90.0 Å². The van der Waals surface area contributed by atoms with E-state index in [9.17, 15) is 62.6 Å². The van der Waals surface area contributed by atoms with Crippen LogP contribution in [0, 0.1) is 29.6 Å². The van der Waals surface area contributed by atoms with Gasteiger partial charge in [-0.2, -0.15) is 0 Å². The first-order valence-corrected chi connectivity index (χ1v) is 29.1. The number of nitrogens with one attached hydrogen (secondary N) is 6. The highest BCUT2D eigenvalue weighted by Gasteiger charge is 2.41. The molecule has 80 heavy (non-hydrogen) atoms. The lowest BCUT2D eigenvalue weighted by atomic mass is 9.97. The van der Waals surface area contributed by atoms with Crippen molar-refractivity contribution in [2.45, 2.75) is 220 Å². The molecule has 0 aromatic heterocycles. The first-order valence-electron chi connectivity index (χ1n) is 29.1. The Morgan fingerprint density at radius 3 is 1.39 bits per heavy atom. The molecule has 0 unspecified atom stereocenters. The van der Waals surface area contributed by atoms with Crippen molar-refractivity contribution >= 4 is 70.9 Å². The minimum Gasteiger partial charge on any atom is -0.481 e. The van der Waals surface area contributed by atoms with Crippen LogP contribution in [0.15, 0.2) is 0 Å². The molecule has 0 spiro atoms. The highest BCUT2D eigenvalue weighted by molar-refractivity contribution is 5.96. The minimum atomic E-state index is -1.34. The molecule has 24 nitrogen and oxygen atoms in total. The lowest BCUT2D eigenvalue weighted by Crippen LogP contribution is -2.58. The summed E-state index contributed by atoms with van der Waals surface area (Å²) in [5.74, 6) is -7.72. The molecule has 9 N–H and O–H groups in total. The number of carbonyl (C=O) groups excluding carboxylic acids is 11. The van der Waals surface area contributed by atoms with Crippen LogP contribution in [0.5, 0.6) is 0 Å². The normalized spacial score (nSPS) is 22.1. The molecule has 4 aliphatic heterocycles. The minimum absolute atomic E-state index is 0.123. The predicted molar refractivity (Wildman–Crippen MR) is 295 cm³/mol. The first-order chi connectivity index (χ1) is 37.6. The van der Waals surface area contributed by atoms with Crippen molar-refractivity contribution in [3.05, 3.63) is 0 Å². The van der Waals surface area contributed by atoms with Crippen molar-refractivity contribution in [1.82, 2.24) is 51.5 Å². The summed E-state index contributed by atoms with van der Waals surface area (Å²) in [5.41, 5.74) is 5.51. The molecule has 12 atom stereocenters. The Balaban J connectivity index is 1.18. The summed E-state index contributed by atoms with van der Waals surface area (Å²) in [6, 6.07) is -6.11. The standard InChI is InChI=1S/C56H93N11O13/c1-31(2)46(48(57)72)62-53(77)43-18-14-28-67(43)56(80)47(32(3)4)63-51(75)35(7)20-22-39-15-11-25-64(39)44(69)30-58-49(73)33(5)19-23-40-16-12-26-65(40)54(78)36(8)59-50(74)34(6)21-24-41-17-13-27-66(41)55(79)37(9)60-52(76)42(29-45(70)71)61-38(10)68/h31-37,39-43,46-47H,11-30H2,1-10H3,(H2,57,72)(H,58,73)(H,59,74)(H,60,76)(H,61,68)(H,62,77)(H,63,75)(H,70,71)/t33-,34-,35-,36+,37+,39+,40+,41+,42+,43+,46+,47+/m1/s1. The van der Waals surface area contributed by atoms with Gasteiger partial charge >= 0.3 is 5.97 Å². The number of primary amides is 1. The molecule has 0 aromatic rings. The zero-order valence-electron chi connectivity index (χ0n) is 48.9. The molecule has 0 bridgehead atoms. The van der Waals surface area contributed by atoms with Crippen molar-refractivity contribution in [3.8, 4) is 0 Å². The average molecular weight is 1130 g/mol. The van der Waals surface area contributed by atoms with E-state index in [4.69, 9.17) is 5.73 Å². The van der Waals surface area contributed by atoms with Crippen LogP contribution in [0.1, 0.15) is 166 Å². The molecular weight excluding hydrogens is 1030 g/mol. The molecule has 4 heterocycles. The highest BCUT2D eigenvalue weighted by atomic mass is 16.4. The Bertz CT molecular complexity index is 2230. The SMILES string of the molecule is CC(=O)N[C@@H](CC(=O)O)C(=O)N[C@@H](C)C(=O)N1CCC[C@H]1CC[C@@H](C)C(=O)N[C@@H](C)C(=O)N1CCC[C@H]1CC[C@@H](C)C(=O)NCC(=O)N1CCC[C@H]1CC[C@@H](C)C(=O)N[C@H](C(=O)N1CCC[C@H]1C(=O)N[C@H](C(N)=O)C(C)C)C(C)C. The number of rotatable bonds is 29. The maximum atomic E-state index is 13.9. The molecular formula is C56H93N11O13. The van der Waals surface area contributed by atoms with Gasteiger partial charge in [-0.1, -0.05) is 48.5 Å². The Hall–Kier alpha value is -6.36. The number of carbonyl (C=O) groups is 12. The third-order valence-electron chi connectivity index (χ3n) is 16.4. The number of aliphatic carboxylic acids is 1. The van der Waals surface area contributed by atoms with Gasteiger partial charge in [-0.25, -0.2) is 0 Å². The van der Waals surface area contributed by atoms with Crippen molar-refractivity contribution in [3.63, 3.8) is 0 Å². The molecule has 0 radical (unpaired) electrons. The number of nitrogens with two attached hydrogens (primary N) is 1. The molecule has 0 aromatic carbocycles. The Labute approximate surface area is 471 Å². The van der Waals surface area contributed by atoms with Gasteiger partial charge < -0.3 is 62.3 Å². The Morgan fingerprint density at radius 1 is 0.500 bits per heavy atom. The van der Waals surface area contributed by atoms with Crippen LogP contribution in [-0.2, 0) is 57.5 Å². The molecule has 4 rings (SSSR count). The Morgan fingerprint density at radius 2 is 0.925 bits per heavy atom. The summed E-state index contributed by atoms with van der Waals surface area (Å²) in [6.45, 7) is 18.5. The van der Waals surface area contributed by atoms with Crippen LogP contribution in [0.3, 0.4) is 0 Å². The second-order valence-electron chi connectivity index (χ2n) is 23.6. The summed E-state index contributed by atoms with van der Waals surface area (Å²) in [5, 5.41) is 25.3. The van der Waals surface area contributed by atoms with Crippen LogP contribution in [0.25, 0.3) is 0 Å². The van der Waals surface area contributed by atoms with Gasteiger partial charge in [0.15, 0.2) is 0 Å². The maximum Gasteiger partial charge on any atom is 0.305 e. The van der Waals surface area contributed by atoms with Crippen LogP contribution in [0.2, 0.25) is 0 Å². The fourth-order valence-corrected chi connectivity index (χ4v) is 11.5. The largest absolute Gasteiger partial charge is 0.481 e. The maximum absolute atomic E-state index is 13.9. The molecule has 11 amide bonds. The van der Waals surface area contributed by atoms with E-state index in [0.29, 0.717) is 84.0 Å². The third kappa shape index (κ3) is 18.9. The number of hydrogen-bond donors (Lipinski definition) is 8. The van der Waals surface area contributed by atoms with E-state index in [2.05, 4.69) is 31.9 Å². The zero-order valence-corrected chi connectivity index (χ0v) is 48.9. The van der Waals surface area contributed by atoms with Gasteiger partial charge in [-0.15, -0.1) is 0 Å². The second-order valence-corrected chi connectivity index (χ2v) is 23.6. The van der Waals surface area contributed by atoms with E-state index in [1.165, 1.54) is 11.8 Å². The van der Waals surface area contributed by atoms with Gasteiger partial charge in [0.2, 0.25) is 65.0 Å². The lowest BCUT2D eigenvalue weighted by molar-refractivity contribution is -0.143. The molecule has 24 heteroatoms. The summed E-state index contributed by atoms with van der Waals surface area (Å²) >= 11 is 0. The van der Waals surface area contributed by atoms with E-state index in [-0.39, 0.29) is 77.9 Å². The number of carboxylic acids is 1. The molecule has 0 aliphatic carbocycles. The molecule has 4 fully saturated rings. The third-order valence-corrected chi connectivity index (χ3v) is 16.4. The smallest absolute Gasteiger partial charge is 0.305 e. The monoisotopic (exact) mass is 1130 g/mol. The van der Waals surface area contributed by atoms with Crippen LogP contribution in [-0.4, -0.2) is 183 Å². The first kappa shape index (κ1) is 66.2. The average Bonchev–Trinajstić information content (AvgIpc) is 4.29. The van der Waals surface area contributed by atoms with Gasteiger partial charge in [0, 0.05) is 69.0 Å². The van der Waals surface area contributed by atoms with Crippen LogP contribution < -0.4 is 37.6 Å². The summed E-state index contributed by atoms with van der Waals surface area (Å²) in [4.78, 5) is 162. The van der Waals surface area contributed by atoms with Crippen molar-refractivity contribution < 1.29 is 62.6 Å². The summed E-state index contributed by atoms with van der Waals surface area (Å²) < 4.78 is 0. The van der Waals surface area contributed by atoms with E-state index in [1.807, 2.05) is 13.8 Å². The van der Waals surface area contributed by atoms with Gasteiger partial charge in [-0.05, 0) is 116 Å². The number of carboxylic acid groups (broad SMARTS) is 1. The van der Waals surface area contributed by atoms with Gasteiger partial charge in [0.25, 0.3) is 0 Å². The summed E-state index contributed by atoms with van der Waals surface area (Å²) in [6.07, 6.45) is 7.82. The number of likely N-dealkylation sites (tertiary alicyclic amines) is 4. The van der Waals surface area contributed by atoms with Gasteiger partial charge in [0.05, 0.1) is 13.0 Å². The van der Waals surface area contributed by atoms with Crippen LogP contribution in [0.4, 0.5) is 0 Å². The fraction of sp³-hybridized carbons (Fsp3) is 0.786. The number of hydrogen-bond acceptors (Lipinski definition) is 12. The van der Waals surface area contributed by atoms with Crippen molar-refractivity contribution in [2.24, 2.45) is 35.3 Å². The molecule has 0 saturated carbocycles. The lowest BCUT2D eigenvalue weighted by Gasteiger charge is -2.32. The van der Waals surface area contributed by atoms with Gasteiger partial charge in [-0.3, -0.25) is 57.5 Å². The second kappa shape index (κ2) is 31.0. The fourth-order valence-electron chi connectivity index (χ4n) is 11.5. The van der Waals surface area contributed by atoms with E-state index in [0.717, 1.165) is 39.0 Å². The zero-order chi connectivity index (χ0) is 59.7. The van der Waals surface area contributed by atoms with Gasteiger partial charge in [0.1, 0.15) is 36.3 Å². The van der Waals surface area contributed by atoms with Crippen molar-refractivity contribution in [1.29, 1.82) is 0 Å². The predicted octanol–water partition coefficient (Wildman–Crippen LogP) is 1.07. The topological polar surface area (TPSA) is 336 Å². The van der Waals surface area contributed by atoms with E-state index >= 15 is 0 Å². The van der Waals surface area contributed by atoms with Crippen molar-refractivity contribution in [2.75, 3.05) is 32.7 Å². The Kier molecular flexibility index (Phi) is 25.6. The number of nitrogens with zero attached hydrogens (tertiary/aromatic N) is 4. The summed E-state index contributed by atoms with van der Waals surface area (Å²) in [7, 11) is 0. The molecule has 450 valence electrons. The molecule has 4 aliphatic rings. The molecule has 4 saturated heterocycles. The van der Waals surface area contributed by atoms with E-state index in [1.54, 1.807) is 56.2 Å². The quantitative estimate of drug-likeness (QED) is 0.0521. The van der Waals surface area contributed by atoms with Crippen LogP contribution >= 0.6 is 0 Å². The number of amides is 11. The highest BCUT2D eigenvalue weighted by Crippen LogP contribution is 2.28.